The number of halogens is 3. The van der Waals surface area contributed by atoms with Crippen molar-refractivity contribution in [3.05, 3.63) is 64.2 Å². The number of phenols is 1. The van der Waals surface area contributed by atoms with E-state index in [-0.39, 0.29) is 28.8 Å². The Morgan fingerprint density at radius 3 is 2.43 bits per heavy atom. The van der Waals surface area contributed by atoms with E-state index in [1.54, 1.807) is 18.2 Å². The smallest absolute Gasteiger partial charge is 0.138 e. The number of hydrogen-bond donors (Lipinski definition) is 2. The normalized spacial score (nSPS) is 12.4. The van der Waals surface area contributed by atoms with E-state index >= 15 is 0 Å². The summed E-state index contributed by atoms with van der Waals surface area (Å²) in [6, 6.07) is 8.75. The highest BCUT2D eigenvalue weighted by molar-refractivity contribution is 6.32. The third-order valence-corrected chi connectivity index (χ3v) is 3.59. The molecule has 5 heteroatoms. The van der Waals surface area contributed by atoms with E-state index in [2.05, 4.69) is 5.32 Å². The van der Waals surface area contributed by atoms with Gasteiger partial charge in [-0.05, 0) is 31.5 Å². The predicted molar refractivity (Wildman–Crippen MR) is 79.5 cm³/mol. The van der Waals surface area contributed by atoms with Crippen molar-refractivity contribution in [2.75, 3.05) is 0 Å². The number of nitrogens with one attached hydrogen (secondary N) is 1. The van der Waals surface area contributed by atoms with E-state index in [0.717, 1.165) is 0 Å². The monoisotopic (exact) mass is 311 g/mol. The molecule has 2 rings (SSSR count). The molecule has 0 aliphatic rings. The Bertz CT molecular complexity index is 613. The molecule has 1 atom stereocenters. The SMILES string of the molecule is CC(Cc1c(F)cccc1F)NCc1cccc(Cl)c1O. The first kappa shape index (κ1) is 15.7. The van der Waals surface area contributed by atoms with Crippen molar-refractivity contribution >= 4 is 11.6 Å². The van der Waals surface area contributed by atoms with Crippen LogP contribution in [0.1, 0.15) is 18.1 Å². The van der Waals surface area contributed by atoms with Crippen LogP contribution in [-0.4, -0.2) is 11.1 Å². The predicted octanol–water partition coefficient (Wildman–Crippen LogP) is 4.04. The van der Waals surface area contributed by atoms with E-state index in [0.29, 0.717) is 12.1 Å². The summed E-state index contributed by atoms with van der Waals surface area (Å²) in [6.45, 7) is 2.19. The highest BCUT2D eigenvalue weighted by Crippen LogP contribution is 2.26. The molecule has 0 amide bonds. The zero-order chi connectivity index (χ0) is 15.4. The van der Waals surface area contributed by atoms with Gasteiger partial charge in [0.1, 0.15) is 17.4 Å². The number of hydrogen-bond acceptors (Lipinski definition) is 2. The van der Waals surface area contributed by atoms with Crippen molar-refractivity contribution in [2.24, 2.45) is 0 Å². The van der Waals surface area contributed by atoms with Crippen LogP contribution in [0.2, 0.25) is 5.02 Å². The van der Waals surface area contributed by atoms with Gasteiger partial charge in [0.15, 0.2) is 0 Å². The van der Waals surface area contributed by atoms with Crippen molar-refractivity contribution in [3.8, 4) is 5.75 Å². The highest BCUT2D eigenvalue weighted by atomic mass is 35.5. The second-order valence-corrected chi connectivity index (χ2v) is 5.34. The lowest BCUT2D eigenvalue weighted by Crippen LogP contribution is -2.28. The Hall–Kier alpha value is -1.65. The summed E-state index contributed by atoms with van der Waals surface area (Å²) in [5, 5.41) is 13.2. The number of benzene rings is 2. The molecule has 0 aliphatic carbocycles. The van der Waals surface area contributed by atoms with Crippen LogP contribution in [0.4, 0.5) is 8.78 Å². The maximum atomic E-state index is 13.6. The van der Waals surface area contributed by atoms with E-state index in [1.807, 2.05) is 6.92 Å². The molecule has 2 aromatic carbocycles. The molecule has 0 heterocycles. The van der Waals surface area contributed by atoms with Gasteiger partial charge in [-0.1, -0.05) is 29.8 Å². The van der Waals surface area contributed by atoms with Gasteiger partial charge in [-0.25, -0.2) is 8.78 Å². The van der Waals surface area contributed by atoms with Crippen molar-refractivity contribution in [1.29, 1.82) is 0 Å². The number of aromatic hydroxyl groups is 1. The third kappa shape index (κ3) is 3.93. The van der Waals surface area contributed by atoms with E-state index in [1.165, 1.54) is 18.2 Å². The van der Waals surface area contributed by atoms with Crippen molar-refractivity contribution in [2.45, 2.75) is 25.9 Å². The molecule has 0 bridgehead atoms. The average Bonchev–Trinajstić information content (AvgIpc) is 2.45. The minimum Gasteiger partial charge on any atom is -0.506 e. The summed E-state index contributed by atoms with van der Waals surface area (Å²) in [5.41, 5.74) is 0.705. The average molecular weight is 312 g/mol. The summed E-state index contributed by atoms with van der Waals surface area (Å²) in [7, 11) is 0. The Labute approximate surface area is 127 Å². The van der Waals surface area contributed by atoms with Crippen LogP contribution < -0.4 is 5.32 Å². The quantitative estimate of drug-likeness (QED) is 0.873. The first-order chi connectivity index (χ1) is 9.99. The molecule has 0 saturated carbocycles. The summed E-state index contributed by atoms with van der Waals surface area (Å²) in [6.07, 6.45) is 0.222. The van der Waals surface area contributed by atoms with Crippen LogP contribution >= 0.6 is 11.6 Å². The number of para-hydroxylation sites is 1. The molecule has 2 aromatic rings. The van der Waals surface area contributed by atoms with Gasteiger partial charge in [0.05, 0.1) is 5.02 Å². The second kappa shape index (κ2) is 6.87. The van der Waals surface area contributed by atoms with Crippen LogP contribution in [-0.2, 0) is 13.0 Å². The first-order valence-corrected chi connectivity index (χ1v) is 6.99. The summed E-state index contributed by atoms with van der Waals surface area (Å²) < 4.78 is 27.1. The molecular weight excluding hydrogens is 296 g/mol. The molecule has 112 valence electrons. The first-order valence-electron chi connectivity index (χ1n) is 6.61. The number of phenolic OH excluding ortho intramolecular Hbond substituents is 1. The third-order valence-electron chi connectivity index (χ3n) is 3.28. The molecule has 21 heavy (non-hydrogen) atoms. The number of rotatable bonds is 5. The van der Waals surface area contributed by atoms with E-state index < -0.39 is 11.6 Å². The zero-order valence-electron chi connectivity index (χ0n) is 11.5. The largest absolute Gasteiger partial charge is 0.506 e. The molecule has 0 aromatic heterocycles. The molecule has 0 radical (unpaired) electrons. The Balaban J connectivity index is 1.99. The fourth-order valence-electron chi connectivity index (χ4n) is 2.09. The lowest BCUT2D eigenvalue weighted by atomic mass is 10.1. The van der Waals surface area contributed by atoms with Gasteiger partial charge in [0.2, 0.25) is 0 Å². The van der Waals surface area contributed by atoms with Crippen molar-refractivity contribution < 1.29 is 13.9 Å². The lowest BCUT2D eigenvalue weighted by molar-refractivity contribution is 0.455. The lowest BCUT2D eigenvalue weighted by Gasteiger charge is -2.15. The van der Waals surface area contributed by atoms with Gasteiger partial charge in [-0.3, -0.25) is 0 Å². The van der Waals surface area contributed by atoms with Gasteiger partial charge < -0.3 is 10.4 Å². The highest BCUT2D eigenvalue weighted by Gasteiger charge is 2.13. The Morgan fingerprint density at radius 2 is 1.76 bits per heavy atom. The van der Waals surface area contributed by atoms with Gasteiger partial charge in [0, 0.05) is 23.7 Å². The van der Waals surface area contributed by atoms with E-state index in [9.17, 15) is 13.9 Å². The van der Waals surface area contributed by atoms with Gasteiger partial charge >= 0.3 is 0 Å². The van der Waals surface area contributed by atoms with Crippen LogP contribution in [0.5, 0.6) is 5.75 Å². The van der Waals surface area contributed by atoms with Gasteiger partial charge in [0.25, 0.3) is 0 Å². The molecular formula is C16H16ClF2NO. The topological polar surface area (TPSA) is 32.3 Å². The van der Waals surface area contributed by atoms with Crippen molar-refractivity contribution in [3.63, 3.8) is 0 Å². The molecule has 2 N–H and O–H groups in total. The maximum Gasteiger partial charge on any atom is 0.138 e. The van der Waals surface area contributed by atoms with Crippen LogP contribution in [0.15, 0.2) is 36.4 Å². The molecule has 2 nitrogen and oxygen atoms in total. The summed E-state index contributed by atoms with van der Waals surface area (Å²) in [5.74, 6) is -1.07. The van der Waals surface area contributed by atoms with Gasteiger partial charge in [-0.15, -0.1) is 0 Å². The molecule has 0 fully saturated rings. The minimum absolute atomic E-state index is 0.0240. The maximum absolute atomic E-state index is 13.6. The fourth-order valence-corrected chi connectivity index (χ4v) is 2.29. The molecule has 1 unspecified atom stereocenters. The summed E-state index contributed by atoms with van der Waals surface area (Å²) >= 11 is 5.82. The zero-order valence-corrected chi connectivity index (χ0v) is 12.3. The second-order valence-electron chi connectivity index (χ2n) is 4.93. The van der Waals surface area contributed by atoms with Crippen LogP contribution in [0.25, 0.3) is 0 Å². The van der Waals surface area contributed by atoms with Crippen LogP contribution in [0, 0.1) is 11.6 Å². The van der Waals surface area contributed by atoms with Crippen molar-refractivity contribution in [1.82, 2.24) is 5.32 Å². The van der Waals surface area contributed by atoms with Crippen LogP contribution in [0.3, 0.4) is 0 Å². The molecule has 0 saturated heterocycles. The molecule has 0 spiro atoms. The van der Waals surface area contributed by atoms with Gasteiger partial charge in [-0.2, -0.15) is 0 Å². The summed E-state index contributed by atoms with van der Waals surface area (Å²) in [4.78, 5) is 0. The Morgan fingerprint density at radius 1 is 1.14 bits per heavy atom. The van der Waals surface area contributed by atoms with E-state index in [4.69, 9.17) is 11.6 Å². The molecule has 0 aliphatic heterocycles. The Kier molecular flexibility index (Phi) is 5.15. The standard InChI is InChI=1S/C16H16ClF2NO/c1-10(8-12-14(18)6-3-7-15(12)19)20-9-11-4-2-5-13(17)16(11)21/h2-7,10,20-21H,8-9H2,1H3. The fraction of sp³-hybridized carbons (Fsp3) is 0.250. The minimum atomic E-state index is -0.547.